The molecule has 4 aromatic carbocycles. The van der Waals surface area contributed by atoms with Gasteiger partial charge in [0.1, 0.15) is 11.4 Å². The van der Waals surface area contributed by atoms with E-state index < -0.39 is 35.1 Å². The van der Waals surface area contributed by atoms with Gasteiger partial charge in [0.05, 0.1) is 18.4 Å². The van der Waals surface area contributed by atoms with Crippen molar-refractivity contribution >= 4 is 23.6 Å². The first-order valence-electron chi connectivity index (χ1n) is 13.2. The number of amides is 1. The third-order valence-corrected chi connectivity index (χ3v) is 8.23. The Morgan fingerprint density at radius 3 is 1.80 bits per heavy atom. The molecule has 1 aliphatic heterocycles. The monoisotopic (exact) mass is 562 g/mol. The minimum absolute atomic E-state index is 0.379. The summed E-state index contributed by atoms with van der Waals surface area (Å²) in [7, 11) is 1.18. The molecule has 4 aromatic rings. The molecule has 0 radical (unpaired) electrons. The molecule has 41 heavy (non-hydrogen) atoms. The Labute approximate surface area is 244 Å². The van der Waals surface area contributed by atoms with E-state index in [1.807, 2.05) is 121 Å². The van der Waals surface area contributed by atoms with E-state index in [0.29, 0.717) is 5.75 Å². The molecule has 1 amide bonds. The Balaban J connectivity index is 1.55. The van der Waals surface area contributed by atoms with Crippen molar-refractivity contribution in [1.29, 1.82) is 0 Å². The number of hydrogen-bond acceptors (Lipinski definition) is 6. The average Bonchev–Trinajstić information content (AvgIpc) is 3.04. The Morgan fingerprint density at radius 1 is 0.878 bits per heavy atom. The molecule has 5 rings (SSSR count). The van der Waals surface area contributed by atoms with Gasteiger partial charge >= 0.3 is 5.97 Å². The molecule has 0 aromatic heterocycles. The standard InChI is InChI=1S/C34H30N2O4S/c1-40-33(39)31(38)36-30(37)29(32(36)41-24-14-17-25-15-6-2-7-16-25)35-34(26-18-8-3-9-19-26,27-20-10-4-11-21-27)28-22-12-5-13-23-28/h2-13,15-16,18-23,29,31-32,35,38H,24H2,1H3. The van der Waals surface area contributed by atoms with Crippen molar-refractivity contribution in [2.75, 3.05) is 12.9 Å². The van der Waals surface area contributed by atoms with Gasteiger partial charge in [-0.3, -0.25) is 15.0 Å². The van der Waals surface area contributed by atoms with Crippen LogP contribution in [0.1, 0.15) is 22.3 Å². The molecule has 1 heterocycles. The van der Waals surface area contributed by atoms with Crippen molar-refractivity contribution in [1.82, 2.24) is 10.2 Å². The number of carbonyl (C=O) groups excluding carboxylic acids is 2. The van der Waals surface area contributed by atoms with E-state index >= 15 is 0 Å². The summed E-state index contributed by atoms with van der Waals surface area (Å²) in [5.41, 5.74) is 2.83. The molecule has 1 aliphatic rings. The van der Waals surface area contributed by atoms with Crippen LogP contribution in [0.4, 0.5) is 0 Å². The summed E-state index contributed by atoms with van der Waals surface area (Å²) in [5.74, 6) is 5.36. The number of carbonyl (C=O) groups is 2. The van der Waals surface area contributed by atoms with Crippen LogP contribution in [0.3, 0.4) is 0 Å². The quantitative estimate of drug-likeness (QED) is 0.136. The highest BCUT2D eigenvalue weighted by Crippen LogP contribution is 2.41. The molecule has 0 bridgehead atoms. The second-order valence-electron chi connectivity index (χ2n) is 9.48. The van der Waals surface area contributed by atoms with Crippen LogP contribution in [-0.2, 0) is 19.9 Å². The van der Waals surface area contributed by atoms with Gasteiger partial charge in [-0.25, -0.2) is 4.79 Å². The summed E-state index contributed by atoms with van der Waals surface area (Å²) >= 11 is 1.39. The number of nitrogens with one attached hydrogen (secondary N) is 1. The topological polar surface area (TPSA) is 78.9 Å². The number of methoxy groups -OCH3 is 1. The maximum Gasteiger partial charge on any atom is 0.356 e. The van der Waals surface area contributed by atoms with Crippen molar-refractivity contribution < 1.29 is 19.4 Å². The normalized spacial score (nSPS) is 17.1. The predicted octanol–water partition coefficient (Wildman–Crippen LogP) is 4.38. The summed E-state index contributed by atoms with van der Waals surface area (Å²) in [6, 6.07) is 38.8. The molecule has 7 heteroatoms. The fourth-order valence-electron chi connectivity index (χ4n) is 5.11. The van der Waals surface area contributed by atoms with Crippen LogP contribution >= 0.6 is 11.8 Å². The van der Waals surface area contributed by atoms with Gasteiger partial charge in [0.25, 0.3) is 0 Å². The Bertz CT molecular complexity index is 1430. The van der Waals surface area contributed by atoms with Crippen LogP contribution in [0.5, 0.6) is 0 Å². The molecule has 2 N–H and O–H groups in total. The number of hydrogen-bond donors (Lipinski definition) is 2. The average molecular weight is 563 g/mol. The number of aliphatic hydroxyl groups excluding tert-OH is 1. The van der Waals surface area contributed by atoms with Crippen molar-refractivity contribution in [2.45, 2.75) is 23.2 Å². The van der Waals surface area contributed by atoms with Crippen LogP contribution in [0.2, 0.25) is 0 Å². The molecule has 0 spiro atoms. The first-order valence-corrected chi connectivity index (χ1v) is 14.3. The lowest BCUT2D eigenvalue weighted by Gasteiger charge is -2.51. The number of ether oxygens (including phenoxy) is 1. The molecule has 3 unspecified atom stereocenters. The van der Waals surface area contributed by atoms with E-state index in [1.165, 1.54) is 23.8 Å². The van der Waals surface area contributed by atoms with Gasteiger partial charge in [-0.2, -0.15) is 0 Å². The van der Waals surface area contributed by atoms with Gasteiger partial charge in [-0.15, -0.1) is 11.8 Å². The number of nitrogens with zero attached hydrogens (tertiary/aromatic N) is 1. The van der Waals surface area contributed by atoms with E-state index in [2.05, 4.69) is 17.2 Å². The minimum Gasteiger partial charge on any atom is -0.466 e. The molecule has 0 aliphatic carbocycles. The van der Waals surface area contributed by atoms with Crippen LogP contribution in [-0.4, -0.2) is 52.4 Å². The number of β-lactam (4-membered cyclic amide) rings is 1. The molecule has 1 saturated heterocycles. The van der Waals surface area contributed by atoms with Crippen LogP contribution in [0, 0.1) is 11.8 Å². The number of benzene rings is 4. The van der Waals surface area contributed by atoms with Crippen molar-refractivity contribution in [3.05, 3.63) is 144 Å². The fourth-order valence-corrected chi connectivity index (χ4v) is 6.19. The number of rotatable bonds is 9. The van der Waals surface area contributed by atoms with E-state index in [0.717, 1.165) is 22.3 Å². The van der Waals surface area contributed by atoms with E-state index in [9.17, 15) is 14.7 Å². The number of esters is 1. The van der Waals surface area contributed by atoms with Gasteiger partial charge in [0.15, 0.2) is 0 Å². The van der Waals surface area contributed by atoms with Gasteiger partial charge in [-0.1, -0.05) is 121 Å². The summed E-state index contributed by atoms with van der Waals surface area (Å²) in [6.45, 7) is 0. The zero-order chi connectivity index (χ0) is 28.7. The number of aliphatic hydroxyl groups is 1. The molecule has 206 valence electrons. The Morgan fingerprint density at radius 2 is 1.34 bits per heavy atom. The molecule has 6 nitrogen and oxygen atoms in total. The fraction of sp³-hybridized carbons (Fsp3) is 0.176. The van der Waals surface area contributed by atoms with Crippen LogP contribution in [0.25, 0.3) is 0 Å². The highest BCUT2D eigenvalue weighted by Gasteiger charge is 2.55. The van der Waals surface area contributed by atoms with E-state index in [1.54, 1.807) is 0 Å². The molecular weight excluding hydrogens is 532 g/mol. The maximum atomic E-state index is 13.7. The zero-order valence-electron chi connectivity index (χ0n) is 22.5. The molecule has 3 atom stereocenters. The van der Waals surface area contributed by atoms with E-state index in [-0.39, 0.29) is 0 Å². The summed E-state index contributed by atoms with van der Waals surface area (Å²) in [5, 5.41) is 13.8. The smallest absolute Gasteiger partial charge is 0.356 e. The highest BCUT2D eigenvalue weighted by molar-refractivity contribution is 8.00. The summed E-state index contributed by atoms with van der Waals surface area (Å²) in [4.78, 5) is 27.2. The van der Waals surface area contributed by atoms with Crippen molar-refractivity contribution in [2.24, 2.45) is 0 Å². The predicted molar refractivity (Wildman–Crippen MR) is 161 cm³/mol. The van der Waals surface area contributed by atoms with Gasteiger partial charge in [0.2, 0.25) is 12.1 Å². The second-order valence-corrected chi connectivity index (χ2v) is 10.6. The minimum atomic E-state index is -1.72. The number of likely N-dealkylation sites (tertiary alicyclic amines) is 1. The Kier molecular flexibility index (Phi) is 8.85. The third kappa shape index (κ3) is 5.77. The van der Waals surface area contributed by atoms with Gasteiger partial charge in [0, 0.05) is 5.56 Å². The second kappa shape index (κ2) is 12.9. The summed E-state index contributed by atoms with van der Waals surface area (Å²) in [6.07, 6.45) is -1.72. The first kappa shape index (κ1) is 28.2. The van der Waals surface area contributed by atoms with Crippen molar-refractivity contribution in [3.63, 3.8) is 0 Å². The lowest BCUT2D eigenvalue weighted by Crippen LogP contribution is -2.74. The SMILES string of the molecule is COC(=O)C(O)N1C(=O)C(NC(c2ccccc2)(c2ccccc2)c2ccccc2)C1SCC#Cc1ccccc1. The molecular formula is C34H30N2O4S. The van der Waals surface area contributed by atoms with Gasteiger partial charge < -0.3 is 9.84 Å². The molecule has 1 fully saturated rings. The van der Waals surface area contributed by atoms with Crippen molar-refractivity contribution in [3.8, 4) is 11.8 Å². The molecule has 0 saturated carbocycles. The number of thioether (sulfide) groups is 1. The lowest BCUT2D eigenvalue weighted by atomic mass is 9.76. The van der Waals surface area contributed by atoms with Crippen LogP contribution < -0.4 is 5.32 Å². The third-order valence-electron chi connectivity index (χ3n) is 7.08. The largest absolute Gasteiger partial charge is 0.466 e. The maximum absolute atomic E-state index is 13.7. The van der Waals surface area contributed by atoms with Gasteiger partial charge in [-0.05, 0) is 28.8 Å². The first-order chi connectivity index (χ1) is 20.1. The zero-order valence-corrected chi connectivity index (χ0v) is 23.3. The van der Waals surface area contributed by atoms with E-state index in [4.69, 9.17) is 4.74 Å². The highest BCUT2D eigenvalue weighted by atomic mass is 32.2. The Hall–Kier alpha value is -4.35. The van der Waals surface area contributed by atoms with Crippen LogP contribution in [0.15, 0.2) is 121 Å². The lowest BCUT2D eigenvalue weighted by molar-refractivity contribution is -0.180. The summed E-state index contributed by atoms with van der Waals surface area (Å²) < 4.78 is 4.75.